The van der Waals surface area contributed by atoms with Crippen LogP contribution in [0.3, 0.4) is 0 Å². The van der Waals surface area contributed by atoms with E-state index in [9.17, 15) is 5.11 Å². The fraction of sp³-hybridized carbons (Fsp3) is 0.483. The average Bonchev–Trinajstić information content (AvgIpc) is 2.84. The Morgan fingerprint density at radius 2 is 1.41 bits per heavy atom. The second-order valence-electron chi connectivity index (χ2n) is 8.92. The van der Waals surface area contributed by atoms with E-state index >= 15 is 0 Å². The SMILES string of the molecule is CCCCCCN(CCCCCC)C[C@H](O)c1cc(-c2ccccc2)nc2ccccc12. The molecule has 0 unspecified atom stereocenters. The van der Waals surface area contributed by atoms with Crippen LogP contribution in [0, 0.1) is 0 Å². The van der Waals surface area contributed by atoms with E-state index in [1.165, 1.54) is 51.4 Å². The molecule has 1 aromatic heterocycles. The molecule has 0 amide bonds. The highest BCUT2D eigenvalue weighted by Crippen LogP contribution is 2.29. The lowest BCUT2D eigenvalue weighted by Crippen LogP contribution is -2.31. The van der Waals surface area contributed by atoms with E-state index in [0.717, 1.165) is 40.8 Å². The van der Waals surface area contributed by atoms with E-state index in [-0.39, 0.29) is 0 Å². The molecule has 0 fully saturated rings. The Morgan fingerprint density at radius 1 is 0.781 bits per heavy atom. The summed E-state index contributed by atoms with van der Waals surface area (Å²) in [6, 6.07) is 20.6. The van der Waals surface area contributed by atoms with Gasteiger partial charge in [0, 0.05) is 17.5 Å². The summed E-state index contributed by atoms with van der Waals surface area (Å²) in [5.74, 6) is 0. The second kappa shape index (κ2) is 13.3. The van der Waals surface area contributed by atoms with E-state index in [1.54, 1.807) is 0 Å². The molecule has 0 aliphatic rings. The molecule has 1 atom stereocenters. The van der Waals surface area contributed by atoms with Crippen molar-refractivity contribution in [1.82, 2.24) is 9.88 Å². The number of aliphatic hydroxyl groups is 1. The van der Waals surface area contributed by atoms with Gasteiger partial charge in [-0.1, -0.05) is 101 Å². The number of unbranched alkanes of at least 4 members (excludes halogenated alkanes) is 6. The first-order chi connectivity index (χ1) is 15.7. The van der Waals surface area contributed by atoms with Gasteiger partial charge in [0.1, 0.15) is 0 Å². The van der Waals surface area contributed by atoms with Crippen molar-refractivity contribution in [2.24, 2.45) is 0 Å². The number of rotatable bonds is 14. The van der Waals surface area contributed by atoms with Crippen molar-refractivity contribution in [3.8, 4) is 11.3 Å². The van der Waals surface area contributed by atoms with Gasteiger partial charge >= 0.3 is 0 Å². The molecule has 3 aromatic rings. The van der Waals surface area contributed by atoms with Crippen molar-refractivity contribution in [3.63, 3.8) is 0 Å². The number of hydrogen-bond donors (Lipinski definition) is 1. The largest absolute Gasteiger partial charge is 0.387 e. The zero-order valence-corrected chi connectivity index (χ0v) is 20.0. The van der Waals surface area contributed by atoms with Crippen LogP contribution in [0.25, 0.3) is 22.2 Å². The minimum absolute atomic E-state index is 0.525. The quantitative estimate of drug-likeness (QED) is 0.270. The first-order valence-electron chi connectivity index (χ1n) is 12.6. The fourth-order valence-corrected chi connectivity index (χ4v) is 4.40. The third kappa shape index (κ3) is 7.15. The maximum atomic E-state index is 11.4. The summed E-state index contributed by atoms with van der Waals surface area (Å²) < 4.78 is 0. The van der Waals surface area contributed by atoms with Crippen molar-refractivity contribution in [2.45, 2.75) is 71.3 Å². The van der Waals surface area contributed by atoms with Crippen molar-refractivity contribution in [1.29, 1.82) is 0 Å². The molecule has 0 aliphatic carbocycles. The van der Waals surface area contributed by atoms with E-state index in [4.69, 9.17) is 4.98 Å². The molecule has 3 heteroatoms. The first-order valence-corrected chi connectivity index (χ1v) is 12.6. The molecule has 0 saturated carbocycles. The number of aromatic nitrogens is 1. The number of benzene rings is 2. The molecule has 1 heterocycles. The smallest absolute Gasteiger partial charge is 0.0924 e. The van der Waals surface area contributed by atoms with Gasteiger partial charge in [-0.25, -0.2) is 4.98 Å². The minimum atomic E-state index is -0.525. The van der Waals surface area contributed by atoms with Crippen molar-refractivity contribution in [2.75, 3.05) is 19.6 Å². The lowest BCUT2D eigenvalue weighted by atomic mass is 9.99. The van der Waals surface area contributed by atoms with E-state index in [0.29, 0.717) is 6.54 Å². The van der Waals surface area contributed by atoms with Crippen LogP contribution in [-0.2, 0) is 0 Å². The molecule has 3 rings (SSSR count). The number of para-hydroxylation sites is 1. The number of hydrogen-bond acceptors (Lipinski definition) is 3. The van der Waals surface area contributed by atoms with Crippen molar-refractivity contribution in [3.05, 3.63) is 66.2 Å². The normalized spacial score (nSPS) is 12.5. The van der Waals surface area contributed by atoms with Crippen LogP contribution in [0.15, 0.2) is 60.7 Å². The number of fused-ring (bicyclic) bond motifs is 1. The minimum Gasteiger partial charge on any atom is -0.387 e. The third-order valence-electron chi connectivity index (χ3n) is 6.26. The summed E-state index contributed by atoms with van der Waals surface area (Å²) in [7, 11) is 0. The molecule has 3 nitrogen and oxygen atoms in total. The summed E-state index contributed by atoms with van der Waals surface area (Å²) in [5.41, 5.74) is 3.94. The summed E-state index contributed by atoms with van der Waals surface area (Å²) in [6.07, 6.45) is 9.53. The topological polar surface area (TPSA) is 36.4 Å². The van der Waals surface area contributed by atoms with Crippen LogP contribution in [-0.4, -0.2) is 34.6 Å². The van der Waals surface area contributed by atoms with Crippen LogP contribution >= 0.6 is 0 Å². The first kappa shape index (κ1) is 24.4. The molecule has 0 aliphatic heterocycles. The van der Waals surface area contributed by atoms with Crippen LogP contribution < -0.4 is 0 Å². The Hall–Kier alpha value is -2.23. The molecule has 0 radical (unpaired) electrons. The highest BCUT2D eigenvalue weighted by Gasteiger charge is 2.18. The molecule has 2 aromatic carbocycles. The number of aliphatic hydroxyl groups excluding tert-OH is 1. The van der Waals surface area contributed by atoms with Gasteiger partial charge in [-0.3, -0.25) is 0 Å². The van der Waals surface area contributed by atoms with Crippen LogP contribution in [0.4, 0.5) is 0 Å². The zero-order chi connectivity index (χ0) is 22.6. The lowest BCUT2D eigenvalue weighted by Gasteiger charge is -2.26. The highest BCUT2D eigenvalue weighted by molar-refractivity contribution is 5.85. The molecule has 1 N–H and O–H groups in total. The maximum absolute atomic E-state index is 11.4. The summed E-state index contributed by atoms with van der Waals surface area (Å²) in [5, 5.41) is 12.4. The third-order valence-corrected chi connectivity index (χ3v) is 6.26. The Labute approximate surface area is 194 Å². The predicted molar refractivity (Wildman–Crippen MR) is 137 cm³/mol. The maximum Gasteiger partial charge on any atom is 0.0924 e. The molecule has 0 saturated heterocycles. The summed E-state index contributed by atoms with van der Waals surface area (Å²) in [6.45, 7) is 7.33. The van der Waals surface area contributed by atoms with Gasteiger partial charge in [0.05, 0.1) is 17.3 Å². The average molecular weight is 433 g/mol. The van der Waals surface area contributed by atoms with Crippen molar-refractivity contribution >= 4 is 10.9 Å². The van der Waals surface area contributed by atoms with Gasteiger partial charge < -0.3 is 10.0 Å². The van der Waals surface area contributed by atoms with Gasteiger partial charge in [-0.05, 0) is 43.6 Å². The lowest BCUT2D eigenvalue weighted by molar-refractivity contribution is 0.111. The second-order valence-corrected chi connectivity index (χ2v) is 8.92. The molecular weight excluding hydrogens is 392 g/mol. The Morgan fingerprint density at radius 3 is 2.06 bits per heavy atom. The van der Waals surface area contributed by atoms with Gasteiger partial charge in [0.2, 0.25) is 0 Å². The fourth-order valence-electron chi connectivity index (χ4n) is 4.40. The van der Waals surface area contributed by atoms with Crippen LogP contribution in [0.5, 0.6) is 0 Å². The Balaban J connectivity index is 1.81. The molecule has 172 valence electrons. The number of pyridine rings is 1. The summed E-state index contributed by atoms with van der Waals surface area (Å²) >= 11 is 0. The molecule has 32 heavy (non-hydrogen) atoms. The molecule has 0 bridgehead atoms. The van der Waals surface area contributed by atoms with Gasteiger partial charge in [-0.2, -0.15) is 0 Å². The number of nitrogens with zero attached hydrogens (tertiary/aromatic N) is 2. The molecule has 0 spiro atoms. The van der Waals surface area contributed by atoms with Gasteiger partial charge in [0.15, 0.2) is 0 Å². The monoisotopic (exact) mass is 432 g/mol. The van der Waals surface area contributed by atoms with E-state index in [1.807, 2.05) is 36.4 Å². The standard InChI is InChI=1S/C29H40N2O/c1-3-5-7-14-20-31(21-15-8-6-4-2)23-29(32)26-22-28(24-16-10-9-11-17-24)30-27-19-13-12-18-25(26)27/h9-13,16-19,22,29,32H,3-8,14-15,20-21,23H2,1-2H3/t29-/m0/s1. The highest BCUT2D eigenvalue weighted by atomic mass is 16.3. The van der Waals surface area contributed by atoms with Gasteiger partial charge in [-0.15, -0.1) is 0 Å². The van der Waals surface area contributed by atoms with E-state index < -0.39 is 6.10 Å². The van der Waals surface area contributed by atoms with Crippen LogP contribution in [0.1, 0.15) is 76.9 Å². The Kier molecular flexibility index (Phi) is 10.2. The summed E-state index contributed by atoms with van der Waals surface area (Å²) in [4.78, 5) is 7.36. The van der Waals surface area contributed by atoms with Gasteiger partial charge in [0.25, 0.3) is 0 Å². The van der Waals surface area contributed by atoms with Crippen molar-refractivity contribution < 1.29 is 5.11 Å². The predicted octanol–water partition coefficient (Wildman–Crippen LogP) is 7.40. The Bertz CT molecular complexity index is 913. The van der Waals surface area contributed by atoms with Crippen LogP contribution in [0.2, 0.25) is 0 Å². The zero-order valence-electron chi connectivity index (χ0n) is 20.0. The van der Waals surface area contributed by atoms with E-state index in [2.05, 4.69) is 43.0 Å². The molecular formula is C29H40N2O.